The van der Waals surface area contributed by atoms with Crippen molar-refractivity contribution in [2.24, 2.45) is 0 Å². The van der Waals surface area contributed by atoms with Crippen LogP contribution in [0.5, 0.6) is 0 Å². The third-order valence-electron chi connectivity index (χ3n) is 3.87. The fourth-order valence-electron chi connectivity index (χ4n) is 3.23. The zero-order chi connectivity index (χ0) is 13.4. The molecule has 0 bridgehead atoms. The van der Waals surface area contributed by atoms with Crippen molar-refractivity contribution in [3.8, 4) is 0 Å². The molecule has 2 rings (SSSR count). The molecule has 106 valence electrons. The summed E-state index contributed by atoms with van der Waals surface area (Å²) in [5.74, 6) is 0. The van der Waals surface area contributed by atoms with Crippen molar-refractivity contribution in [3.63, 3.8) is 0 Å². The quantitative estimate of drug-likeness (QED) is 0.797. The lowest BCUT2D eigenvalue weighted by Crippen LogP contribution is -2.43. The second-order valence-corrected chi connectivity index (χ2v) is 7.70. The summed E-state index contributed by atoms with van der Waals surface area (Å²) in [7, 11) is -3.11. The number of rotatable bonds is 5. The molecule has 0 amide bonds. The second-order valence-electron chi connectivity index (χ2n) is 5.92. The average Bonchev–Trinajstić information content (AvgIpc) is 2.68. The monoisotopic (exact) mass is 276 g/mol. The van der Waals surface area contributed by atoms with Gasteiger partial charge in [0.25, 0.3) is 0 Å². The van der Waals surface area contributed by atoms with Gasteiger partial charge in [-0.1, -0.05) is 0 Å². The fourth-order valence-corrected chi connectivity index (χ4v) is 3.99. The first kappa shape index (κ1) is 14.2. The Hall–Kier alpha value is -0.170. The highest BCUT2D eigenvalue weighted by Crippen LogP contribution is 2.39. The standard InChI is InChI=1S/C12H24N2O3S/c1-10(2)17-9-12-5-4-6-14(12)8-11(7-12)13-18(3,15)16/h10-11,13H,4-9H2,1-3H3. The van der Waals surface area contributed by atoms with Crippen LogP contribution >= 0.6 is 0 Å². The number of hydrogen-bond donors (Lipinski definition) is 1. The van der Waals surface area contributed by atoms with Gasteiger partial charge in [-0.3, -0.25) is 4.90 Å². The zero-order valence-corrected chi connectivity index (χ0v) is 12.3. The van der Waals surface area contributed by atoms with E-state index in [1.807, 2.05) is 13.8 Å². The van der Waals surface area contributed by atoms with E-state index in [2.05, 4.69) is 9.62 Å². The van der Waals surface area contributed by atoms with E-state index in [4.69, 9.17) is 4.74 Å². The first-order valence-corrected chi connectivity index (χ1v) is 8.54. The van der Waals surface area contributed by atoms with Gasteiger partial charge in [-0.15, -0.1) is 0 Å². The Morgan fingerprint density at radius 1 is 1.50 bits per heavy atom. The van der Waals surface area contributed by atoms with Crippen LogP contribution in [0.25, 0.3) is 0 Å². The molecule has 2 heterocycles. The Morgan fingerprint density at radius 2 is 2.22 bits per heavy atom. The lowest BCUT2D eigenvalue weighted by molar-refractivity contribution is 0.00302. The SMILES string of the molecule is CC(C)OCC12CCCN1CC(NS(C)(=O)=O)C2. The Bertz CT molecular complexity index is 396. The maximum Gasteiger partial charge on any atom is 0.208 e. The maximum atomic E-state index is 11.3. The van der Waals surface area contributed by atoms with E-state index in [1.165, 1.54) is 12.7 Å². The normalized spacial score (nSPS) is 33.2. The average molecular weight is 276 g/mol. The van der Waals surface area contributed by atoms with Gasteiger partial charge in [0.2, 0.25) is 10.0 Å². The largest absolute Gasteiger partial charge is 0.377 e. The summed E-state index contributed by atoms with van der Waals surface area (Å²) in [5, 5.41) is 0. The Morgan fingerprint density at radius 3 is 2.83 bits per heavy atom. The summed E-state index contributed by atoms with van der Waals surface area (Å²) in [6, 6.07) is 0.0380. The Kier molecular flexibility index (Phi) is 4.02. The predicted molar refractivity (Wildman–Crippen MR) is 71.0 cm³/mol. The van der Waals surface area contributed by atoms with E-state index in [9.17, 15) is 8.42 Å². The summed E-state index contributed by atoms with van der Waals surface area (Å²) in [6.45, 7) is 6.67. The highest BCUT2D eigenvalue weighted by Gasteiger charge is 2.49. The molecule has 0 spiro atoms. The maximum absolute atomic E-state index is 11.3. The van der Waals surface area contributed by atoms with Crippen LogP contribution in [0, 0.1) is 0 Å². The van der Waals surface area contributed by atoms with Crippen molar-refractivity contribution in [3.05, 3.63) is 0 Å². The lowest BCUT2D eigenvalue weighted by Gasteiger charge is -2.32. The molecule has 2 atom stereocenters. The predicted octanol–water partition coefficient (Wildman–Crippen LogP) is 0.568. The minimum Gasteiger partial charge on any atom is -0.377 e. The van der Waals surface area contributed by atoms with Crippen LogP contribution in [0.2, 0.25) is 0 Å². The number of nitrogens with zero attached hydrogens (tertiary/aromatic N) is 1. The fraction of sp³-hybridized carbons (Fsp3) is 1.00. The minimum atomic E-state index is -3.11. The summed E-state index contributed by atoms with van der Waals surface area (Å²) in [5.41, 5.74) is 0.0621. The molecule has 0 aromatic heterocycles. The first-order chi connectivity index (χ1) is 8.31. The molecule has 18 heavy (non-hydrogen) atoms. The molecule has 2 aliphatic rings. The molecule has 6 heteroatoms. The minimum absolute atomic E-state index is 0.0380. The smallest absolute Gasteiger partial charge is 0.208 e. The van der Waals surface area contributed by atoms with E-state index in [0.717, 1.165) is 25.9 Å². The highest BCUT2D eigenvalue weighted by atomic mass is 32.2. The summed E-state index contributed by atoms with van der Waals surface area (Å²) >= 11 is 0. The molecule has 0 saturated carbocycles. The number of nitrogens with one attached hydrogen (secondary N) is 1. The van der Waals surface area contributed by atoms with Crippen molar-refractivity contribution in [1.29, 1.82) is 0 Å². The van der Waals surface area contributed by atoms with Gasteiger partial charge >= 0.3 is 0 Å². The van der Waals surface area contributed by atoms with Crippen LogP contribution in [-0.4, -0.2) is 57.0 Å². The van der Waals surface area contributed by atoms with Gasteiger partial charge in [0.1, 0.15) is 0 Å². The first-order valence-electron chi connectivity index (χ1n) is 6.65. The van der Waals surface area contributed by atoms with Gasteiger partial charge < -0.3 is 4.74 Å². The van der Waals surface area contributed by atoms with Crippen molar-refractivity contribution in [2.75, 3.05) is 26.0 Å². The van der Waals surface area contributed by atoms with Gasteiger partial charge in [-0.25, -0.2) is 13.1 Å². The third kappa shape index (κ3) is 3.23. The Labute approximate surface area is 110 Å². The van der Waals surface area contributed by atoms with Crippen LogP contribution < -0.4 is 4.72 Å². The summed E-state index contributed by atoms with van der Waals surface area (Å²) in [6.07, 6.45) is 4.62. The van der Waals surface area contributed by atoms with E-state index < -0.39 is 10.0 Å². The number of fused-ring (bicyclic) bond motifs is 1. The van der Waals surface area contributed by atoms with Crippen molar-refractivity contribution in [2.45, 2.75) is 50.8 Å². The van der Waals surface area contributed by atoms with Gasteiger partial charge in [0.15, 0.2) is 0 Å². The zero-order valence-electron chi connectivity index (χ0n) is 11.5. The van der Waals surface area contributed by atoms with Crippen LogP contribution in [0.3, 0.4) is 0 Å². The molecular weight excluding hydrogens is 252 g/mol. The Balaban J connectivity index is 2.00. The van der Waals surface area contributed by atoms with E-state index in [1.54, 1.807) is 0 Å². The van der Waals surface area contributed by atoms with Gasteiger partial charge in [0.05, 0.1) is 19.0 Å². The summed E-state index contributed by atoms with van der Waals surface area (Å²) < 4.78 is 31.2. The molecule has 0 aromatic carbocycles. The van der Waals surface area contributed by atoms with Crippen molar-refractivity contribution in [1.82, 2.24) is 9.62 Å². The second kappa shape index (κ2) is 5.07. The molecular formula is C12H24N2O3S. The molecule has 5 nitrogen and oxygen atoms in total. The van der Waals surface area contributed by atoms with E-state index in [-0.39, 0.29) is 17.7 Å². The topological polar surface area (TPSA) is 58.6 Å². The number of sulfonamides is 1. The number of hydrogen-bond acceptors (Lipinski definition) is 4. The van der Waals surface area contributed by atoms with Crippen molar-refractivity contribution >= 4 is 10.0 Å². The van der Waals surface area contributed by atoms with Gasteiger partial charge in [0, 0.05) is 18.1 Å². The van der Waals surface area contributed by atoms with Crippen LogP contribution in [0.1, 0.15) is 33.1 Å². The molecule has 1 N–H and O–H groups in total. The number of ether oxygens (including phenoxy) is 1. The molecule has 2 fully saturated rings. The van der Waals surface area contributed by atoms with Crippen LogP contribution in [0.4, 0.5) is 0 Å². The van der Waals surface area contributed by atoms with Crippen LogP contribution in [0.15, 0.2) is 0 Å². The third-order valence-corrected chi connectivity index (χ3v) is 4.64. The lowest BCUT2D eigenvalue weighted by atomic mass is 9.94. The van der Waals surface area contributed by atoms with Crippen LogP contribution in [-0.2, 0) is 14.8 Å². The van der Waals surface area contributed by atoms with Crippen molar-refractivity contribution < 1.29 is 13.2 Å². The van der Waals surface area contributed by atoms with Gasteiger partial charge in [-0.05, 0) is 39.7 Å². The molecule has 2 unspecified atom stereocenters. The molecule has 2 saturated heterocycles. The molecule has 0 aromatic rings. The van der Waals surface area contributed by atoms with E-state index >= 15 is 0 Å². The summed E-state index contributed by atoms with van der Waals surface area (Å²) in [4.78, 5) is 2.40. The van der Waals surface area contributed by atoms with E-state index in [0.29, 0.717) is 6.61 Å². The molecule has 0 radical (unpaired) electrons. The highest BCUT2D eigenvalue weighted by molar-refractivity contribution is 7.88. The van der Waals surface area contributed by atoms with Gasteiger partial charge in [-0.2, -0.15) is 0 Å². The molecule has 2 aliphatic heterocycles. The molecule has 0 aliphatic carbocycles.